The number of nitrogens with two attached hydrogens (primary N) is 1. The number of rotatable bonds is 4. The number of nitrogens with one attached hydrogen (secondary N) is 1. The van der Waals surface area contributed by atoms with Gasteiger partial charge in [0, 0.05) is 6.42 Å². The Morgan fingerprint density at radius 2 is 2.25 bits per heavy atom. The van der Waals surface area contributed by atoms with Crippen LogP contribution in [0.5, 0.6) is 5.88 Å². The number of ether oxygens (including phenoxy) is 1. The standard InChI is InChI=1S/C11H16N4O/c1-5-7(3)16-11-8(4)10(15-12)13-9(6-2)14-11/h1,7H,6,12H2,2-4H3,(H,13,14,15). The summed E-state index contributed by atoms with van der Waals surface area (Å²) in [6.45, 7) is 5.56. The maximum atomic E-state index is 5.50. The minimum Gasteiger partial charge on any atom is -0.461 e. The molecule has 86 valence electrons. The summed E-state index contributed by atoms with van der Waals surface area (Å²) >= 11 is 0. The molecule has 0 aliphatic carbocycles. The number of nitrogen functional groups attached to an aromatic ring is 1. The van der Waals surface area contributed by atoms with E-state index in [2.05, 4.69) is 21.3 Å². The normalized spacial score (nSPS) is 11.7. The van der Waals surface area contributed by atoms with Crippen molar-refractivity contribution in [2.45, 2.75) is 33.3 Å². The first-order chi connectivity index (χ1) is 7.62. The molecule has 0 aliphatic rings. The van der Waals surface area contributed by atoms with E-state index >= 15 is 0 Å². The molecule has 1 aromatic heterocycles. The molecule has 0 saturated carbocycles. The number of nitrogens with zero attached hydrogens (tertiary/aromatic N) is 2. The molecular weight excluding hydrogens is 204 g/mol. The third-order valence-corrected chi connectivity index (χ3v) is 2.12. The lowest BCUT2D eigenvalue weighted by atomic mass is 10.3. The fourth-order valence-electron chi connectivity index (χ4n) is 1.16. The van der Waals surface area contributed by atoms with E-state index in [1.165, 1.54) is 0 Å². The first kappa shape index (κ1) is 12.3. The van der Waals surface area contributed by atoms with Crippen molar-refractivity contribution in [3.8, 4) is 18.2 Å². The summed E-state index contributed by atoms with van der Waals surface area (Å²) in [4.78, 5) is 8.49. The van der Waals surface area contributed by atoms with Crippen LogP contribution in [-0.2, 0) is 6.42 Å². The Morgan fingerprint density at radius 3 is 2.75 bits per heavy atom. The molecule has 1 atom stereocenters. The Morgan fingerprint density at radius 1 is 1.56 bits per heavy atom. The van der Waals surface area contributed by atoms with Crippen LogP contribution in [0.3, 0.4) is 0 Å². The molecular formula is C11H16N4O. The molecule has 0 radical (unpaired) electrons. The van der Waals surface area contributed by atoms with Gasteiger partial charge >= 0.3 is 0 Å². The highest BCUT2D eigenvalue weighted by molar-refractivity contribution is 5.47. The fraction of sp³-hybridized carbons (Fsp3) is 0.455. The maximum absolute atomic E-state index is 5.50. The van der Waals surface area contributed by atoms with E-state index in [0.717, 1.165) is 5.56 Å². The van der Waals surface area contributed by atoms with Gasteiger partial charge in [0.2, 0.25) is 5.88 Å². The molecule has 0 saturated heterocycles. The highest BCUT2D eigenvalue weighted by Crippen LogP contribution is 2.22. The molecule has 0 aromatic carbocycles. The Balaban J connectivity index is 3.11. The lowest BCUT2D eigenvalue weighted by Crippen LogP contribution is -2.16. The molecule has 5 nitrogen and oxygen atoms in total. The first-order valence-electron chi connectivity index (χ1n) is 5.09. The quantitative estimate of drug-likeness (QED) is 0.450. The summed E-state index contributed by atoms with van der Waals surface area (Å²) in [5.74, 6) is 9.55. The van der Waals surface area contributed by atoms with E-state index in [4.69, 9.17) is 17.0 Å². The molecule has 5 heteroatoms. The number of terminal acetylenes is 1. The molecule has 0 bridgehead atoms. The van der Waals surface area contributed by atoms with Crippen molar-refractivity contribution in [1.82, 2.24) is 9.97 Å². The van der Waals surface area contributed by atoms with Gasteiger partial charge in [-0.3, -0.25) is 0 Å². The van der Waals surface area contributed by atoms with Gasteiger partial charge in [0.05, 0.1) is 5.56 Å². The summed E-state index contributed by atoms with van der Waals surface area (Å²) in [7, 11) is 0. The van der Waals surface area contributed by atoms with Crippen molar-refractivity contribution in [3.05, 3.63) is 11.4 Å². The number of hydrazine groups is 1. The smallest absolute Gasteiger partial charge is 0.223 e. The number of aryl methyl sites for hydroxylation is 1. The third kappa shape index (κ3) is 2.61. The summed E-state index contributed by atoms with van der Waals surface area (Å²) in [5.41, 5.74) is 3.27. The topological polar surface area (TPSA) is 73.1 Å². The maximum Gasteiger partial charge on any atom is 0.223 e. The lowest BCUT2D eigenvalue weighted by molar-refractivity contribution is 0.264. The van der Waals surface area contributed by atoms with Crippen LogP contribution in [0, 0.1) is 19.3 Å². The van der Waals surface area contributed by atoms with Crippen molar-refractivity contribution >= 4 is 5.82 Å². The van der Waals surface area contributed by atoms with E-state index in [0.29, 0.717) is 23.9 Å². The van der Waals surface area contributed by atoms with Crippen molar-refractivity contribution in [2.24, 2.45) is 5.84 Å². The van der Waals surface area contributed by atoms with Crippen molar-refractivity contribution in [2.75, 3.05) is 5.43 Å². The molecule has 1 unspecified atom stereocenters. The molecule has 16 heavy (non-hydrogen) atoms. The van der Waals surface area contributed by atoms with Crippen LogP contribution in [0.2, 0.25) is 0 Å². The Labute approximate surface area is 95.4 Å². The highest BCUT2D eigenvalue weighted by atomic mass is 16.5. The minimum atomic E-state index is -0.330. The molecule has 0 fully saturated rings. The number of hydrogen-bond donors (Lipinski definition) is 2. The van der Waals surface area contributed by atoms with Gasteiger partial charge in [-0.25, -0.2) is 10.8 Å². The van der Waals surface area contributed by atoms with Gasteiger partial charge in [0.1, 0.15) is 11.6 Å². The SMILES string of the molecule is C#CC(C)Oc1nc(CC)nc(NN)c1C. The van der Waals surface area contributed by atoms with E-state index in [1.54, 1.807) is 6.92 Å². The highest BCUT2D eigenvalue weighted by Gasteiger charge is 2.12. The van der Waals surface area contributed by atoms with Gasteiger partial charge in [-0.05, 0) is 13.8 Å². The molecule has 0 amide bonds. The zero-order valence-electron chi connectivity index (χ0n) is 9.74. The first-order valence-corrected chi connectivity index (χ1v) is 5.09. The number of hydrogen-bond acceptors (Lipinski definition) is 5. The van der Waals surface area contributed by atoms with E-state index in [1.807, 2.05) is 13.8 Å². The number of anilines is 1. The zero-order chi connectivity index (χ0) is 12.1. The number of aromatic nitrogens is 2. The molecule has 0 aliphatic heterocycles. The van der Waals surface area contributed by atoms with E-state index < -0.39 is 0 Å². The summed E-state index contributed by atoms with van der Waals surface area (Å²) in [6.07, 6.45) is 5.63. The van der Waals surface area contributed by atoms with Crippen molar-refractivity contribution in [3.63, 3.8) is 0 Å². The Bertz CT molecular complexity index is 411. The predicted molar refractivity (Wildman–Crippen MR) is 62.9 cm³/mol. The second-order valence-corrected chi connectivity index (χ2v) is 3.34. The van der Waals surface area contributed by atoms with Gasteiger partial charge in [-0.15, -0.1) is 6.42 Å². The van der Waals surface area contributed by atoms with Crippen LogP contribution in [0.1, 0.15) is 25.2 Å². The fourth-order valence-corrected chi connectivity index (χ4v) is 1.16. The zero-order valence-corrected chi connectivity index (χ0v) is 9.74. The van der Waals surface area contributed by atoms with Crippen LogP contribution >= 0.6 is 0 Å². The largest absolute Gasteiger partial charge is 0.461 e. The van der Waals surface area contributed by atoms with Crippen LogP contribution < -0.4 is 16.0 Å². The lowest BCUT2D eigenvalue weighted by Gasteiger charge is -2.13. The summed E-state index contributed by atoms with van der Waals surface area (Å²) in [6, 6.07) is 0. The van der Waals surface area contributed by atoms with Gasteiger partial charge in [-0.2, -0.15) is 4.98 Å². The van der Waals surface area contributed by atoms with Crippen LogP contribution in [-0.4, -0.2) is 16.1 Å². The van der Waals surface area contributed by atoms with Crippen LogP contribution in [0.4, 0.5) is 5.82 Å². The molecule has 1 aromatic rings. The van der Waals surface area contributed by atoms with Crippen LogP contribution in [0.15, 0.2) is 0 Å². The van der Waals surface area contributed by atoms with Crippen LogP contribution in [0.25, 0.3) is 0 Å². The molecule has 1 rings (SSSR count). The molecule has 3 N–H and O–H groups in total. The summed E-state index contributed by atoms with van der Waals surface area (Å²) < 4.78 is 5.50. The van der Waals surface area contributed by atoms with E-state index in [-0.39, 0.29) is 6.10 Å². The second-order valence-electron chi connectivity index (χ2n) is 3.34. The molecule has 0 spiro atoms. The average molecular weight is 220 g/mol. The van der Waals surface area contributed by atoms with Gasteiger partial charge in [0.15, 0.2) is 6.10 Å². The summed E-state index contributed by atoms with van der Waals surface area (Å²) in [5, 5.41) is 0. The van der Waals surface area contributed by atoms with Crippen molar-refractivity contribution < 1.29 is 4.74 Å². The predicted octanol–water partition coefficient (Wildman–Crippen LogP) is 1.03. The monoisotopic (exact) mass is 220 g/mol. The van der Waals surface area contributed by atoms with Gasteiger partial charge in [0.25, 0.3) is 0 Å². The van der Waals surface area contributed by atoms with Crippen molar-refractivity contribution in [1.29, 1.82) is 0 Å². The second kappa shape index (κ2) is 5.33. The van der Waals surface area contributed by atoms with Gasteiger partial charge < -0.3 is 10.2 Å². The molecule has 1 heterocycles. The Hall–Kier alpha value is -1.80. The third-order valence-electron chi connectivity index (χ3n) is 2.12. The van der Waals surface area contributed by atoms with Gasteiger partial charge in [-0.1, -0.05) is 12.8 Å². The van der Waals surface area contributed by atoms with E-state index in [9.17, 15) is 0 Å². The average Bonchev–Trinajstić information content (AvgIpc) is 2.31. The Kier molecular flexibility index (Phi) is 4.09. The minimum absolute atomic E-state index is 0.330.